The minimum absolute atomic E-state index is 1.04. The molecule has 0 atom stereocenters. The first-order chi connectivity index (χ1) is 8.22. The Bertz CT molecular complexity index is 498. The van der Waals surface area contributed by atoms with E-state index in [0.717, 1.165) is 25.2 Å². The molecular formula is C16H20N. The smallest absolute Gasteiger partial charge is 0.0233 e. The number of rotatable bonds is 4. The number of hydrogen-bond acceptors (Lipinski definition) is 1. The summed E-state index contributed by atoms with van der Waals surface area (Å²) >= 11 is 0. The molecule has 1 heteroatoms. The minimum atomic E-state index is 1.04. The Morgan fingerprint density at radius 1 is 0.941 bits per heavy atom. The van der Waals surface area contributed by atoms with E-state index in [2.05, 4.69) is 62.1 Å². The van der Waals surface area contributed by atoms with Gasteiger partial charge in [0.05, 0.1) is 0 Å². The fourth-order valence-corrected chi connectivity index (χ4v) is 2.15. The fraction of sp³-hybridized carbons (Fsp3) is 0.312. The molecule has 2 rings (SSSR count). The first-order valence-corrected chi connectivity index (χ1v) is 6.30. The molecule has 1 nitrogen and oxygen atoms in total. The second-order valence-electron chi connectivity index (χ2n) is 4.48. The molecule has 0 aliphatic carbocycles. The zero-order valence-corrected chi connectivity index (χ0v) is 10.7. The zero-order chi connectivity index (χ0) is 12.3. The SMILES string of the molecule is [CH2]c1ccc2cc(CN(CC)CC)ccc2c1. The van der Waals surface area contributed by atoms with Gasteiger partial charge in [-0.05, 0) is 48.0 Å². The van der Waals surface area contributed by atoms with Crippen LogP contribution in [-0.2, 0) is 6.54 Å². The van der Waals surface area contributed by atoms with Gasteiger partial charge in [0.25, 0.3) is 0 Å². The van der Waals surface area contributed by atoms with Gasteiger partial charge in [-0.25, -0.2) is 0 Å². The van der Waals surface area contributed by atoms with Gasteiger partial charge in [-0.3, -0.25) is 4.90 Å². The highest BCUT2D eigenvalue weighted by atomic mass is 15.1. The highest BCUT2D eigenvalue weighted by molar-refractivity contribution is 5.83. The molecule has 0 N–H and O–H groups in total. The molecule has 2 aromatic rings. The van der Waals surface area contributed by atoms with Gasteiger partial charge >= 0.3 is 0 Å². The molecule has 0 amide bonds. The molecule has 0 heterocycles. The Labute approximate surface area is 104 Å². The molecule has 0 aliphatic rings. The van der Waals surface area contributed by atoms with Crippen molar-refractivity contribution in [1.29, 1.82) is 0 Å². The van der Waals surface area contributed by atoms with Crippen molar-refractivity contribution in [2.75, 3.05) is 13.1 Å². The summed E-state index contributed by atoms with van der Waals surface area (Å²) in [7, 11) is 0. The second-order valence-corrected chi connectivity index (χ2v) is 4.48. The summed E-state index contributed by atoms with van der Waals surface area (Å²) in [6.07, 6.45) is 0. The molecule has 0 bridgehead atoms. The molecule has 0 aliphatic heterocycles. The van der Waals surface area contributed by atoms with Crippen LogP contribution in [0.2, 0.25) is 0 Å². The summed E-state index contributed by atoms with van der Waals surface area (Å²) in [5, 5.41) is 2.59. The van der Waals surface area contributed by atoms with Gasteiger partial charge in [-0.15, -0.1) is 0 Å². The molecule has 17 heavy (non-hydrogen) atoms. The Morgan fingerprint density at radius 3 is 2.29 bits per heavy atom. The third-order valence-electron chi connectivity index (χ3n) is 3.27. The van der Waals surface area contributed by atoms with E-state index in [9.17, 15) is 0 Å². The van der Waals surface area contributed by atoms with Crippen molar-refractivity contribution in [2.45, 2.75) is 20.4 Å². The van der Waals surface area contributed by atoms with Gasteiger partial charge in [0.2, 0.25) is 0 Å². The van der Waals surface area contributed by atoms with Crippen LogP contribution in [0, 0.1) is 6.92 Å². The van der Waals surface area contributed by atoms with Gasteiger partial charge < -0.3 is 0 Å². The van der Waals surface area contributed by atoms with Gasteiger partial charge in [0.15, 0.2) is 0 Å². The molecule has 0 saturated heterocycles. The van der Waals surface area contributed by atoms with Crippen LogP contribution in [0.5, 0.6) is 0 Å². The Morgan fingerprint density at radius 2 is 1.59 bits per heavy atom. The number of fused-ring (bicyclic) bond motifs is 1. The van der Waals surface area contributed by atoms with E-state index in [1.165, 1.54) is 16.3 Å². The van der Waals surface area contributed by atoms with Crippen LogP contribution in [0.3, 0.4) is 0 Å². The van der Waals surface area contributed by atoms with Crippen molar-refractivity contribution in [1.82, 2.24) is 4.90 Å². The molecule has 0 fully saturated rings. The lowest BCUT2D eigenvalue weighted by atomic mass is 10.0. The summed E-state index contributed by atoms with van der Waals surface area (Å²) in [4.78, 5) is 2.43. The molecule has 1 radical (unpaired) electrons. The quantitative estimate of drug-likeness (QED) is 0.765. The van der Waals surface area contributed by atoms with Crippen molar-refractivity contribution in [3.8, 4) is 0 Å². The number of hydrogen-bond donors (Lipinski definition) is 0. The van der Waals surface area contributed by atoms with E-state index >= 15 is 0 Å². The zero-order valence-electron chi connectivity index (χ0n) is 10.7. The maximum absolute atomic E-state index is 3.96. The average molecular weight is 226 g/mol. The normalized spacial score (nSPS) is 11.3. The largest absolute Gasteiger partial charge is 0.300 e. The fourth-order valence-electron chi connectivity index (χ4n) is 2.15. The van der Waals surface area contributed by atoms with Gasteiger partial charge in [-0.2, -0.15) is 0 Å². The second kappa shape index (κ2) is 5.33. The molecule has 0 unspecified atom stereocenters. The number of benzene rings is 2. The van der Waals surface area contributed by atoms with Crippen LogP contribution in [0.25, 0.3) is 10.8 Å². The standard InChI is InChI=1S/C16H20N/c1-4-17(5-2)12-14-7-9-15-10-13(3)6-8-16(15)11-14/h6-11H,3-5,12H2,1-2H3. The summed E-state index contributed by atoms with van der Waals surface area (Å²) in [6.45, 7) is 11.6. The summed E-state index contributed by atoms with van der Waals surface area (Å²) in [5.41, 5.74) is 2.46. The van der Waals surface area contributed by atoms with E-state index in [1.807, 2.05) is 0 Å². The summed E-state index contributed by atoms with van der Waals surface area (Å²) in [5.74, 6) is 0. The van der Waals surface area contributed by atoms with E-state index in [-0.39, 0.29) is 0 Å². The minimum Gasteiger partial charge on any atom is -0.300 e. The molecule has 0 saturated carbocycles. The molecule has 0 aromatic heterocycles. The van der Waals surface area contributed by atoms with Crippen molar-refractivity contribution in [2.24, 2.45) is 0 Å². The lowest BCUT2D eigenvalue weighted by Gasteiger charge is -2.18. The van der Waals surface area contributed by atoms with E-state index in [4.69, 9.17) is 0 Å². The third-order valence-corrected chi connectivity index (χ3v) is 3.27. The molecule has 89 valence electrons. The Kier molecular flexibility index (Phi) is 3.80. The van der Waals surface area contributed by atoms with Crippen LogP contribution >= 0.6 is 0 Å². The van der Waals surface area contributed by atoms with Crippen LogP contribution in [0.15, 0.2) is 36.4 Å². The van der Waals surface area contributed by atoms with Gasteiger partial charge in [0.1, 0.15) is 0 Å². The summed E-state index contributed by atoms with van der Waals surface area (Å²) in [6, 6.07) is 13.1. The first kappa shape index (κ1) is 12.1. The first-order valence-electron chi connectivity index (χ1n) is 6.30. The van der Waals surface area contributed by atoms with E-state index in [1.54, 1.807) is 0 Å². The van der Waals surface area contributed by atoms with Crippen LogP contribution < -0.4 is 0 Å². The molecule has 0 spiro atoms. The highest BCUT2D eigenvalue weighted by Crippen LogP contribution is 2.18. The van der Waals surface area contributed by atoms with Crippen molar-refractivity contribution in [3.05, 3.63) is 54.4 Å². The van der Waals surface area contributed by atoms with Gasteiger partial charge in [-0.1, -0.05) is 44.2 Å². The van der Waals surface area contributed by atoms with Crippen molar-refractivity contribution in [3.63, 3.8) is 0 Å². The van der Waals surface area contributed by atoms with Crippen LogP contribution in [0.1, 0.15) is 25.0 Å². The van der Waals surface area contributed by atoms with Crippen molar-refractivity contribution >= 4 is 10.8 Å². The summed E-state index contributed by atoms with van der Waals surface area (Å²) < 4.78 is 0. The molecular weight excluding hydrogens is 206 g/mol. The average Bonchev–Trinajstić information content (AvgIpc) is 2.36. The highest BCUT2D eigenvalue weighted by Gasteiger charge is 2.02. The third kappa shape index (κ3) is 2.86. The van der Waals surface area contributed by atoms with Crippen molar-refractivity contribution < 1.29 is 0 Å². The van der Waals surface area contributed by atoms with Crippen LogP contribution in [0.4, 0.5) is 0 Å². The van der Waals surface area contributed by atoms with E-state index in [0.29, 0.717) is 0 Å². The lowest BCUT2D eigenvalue weighted by Crippen LogP contribution is -2.21. The maximum atomic E-state index is 3.96. The Hall–Kier alpha value is -1.34. The predicted octanol–water partition coefficient (Wildman–Crippen LogP) is 3.86. The van der Waals surface area contributed by atoms with E-state index < -0.39 is 0 Å². The van der Waals surface area contributed by atoms with Crippen LogP contribution in [-0.4, -0.2) is 18.0 Å². The number of nitrogens with zero attached hydrogens (tertiary/aromatic N) is 1. The molecule has 2 aromatic carbocycles. The van der Waals surface area contributed by atoms with Gasteiger partial charge in [0, 0.05) is 6.54 Å². The Balaban J connectivity index is 2.28. The maximum Gasteiger partial charge on any atom is 0.0233 e. The lowest BCUT2D eigenvalue weighted by molar-refractivity contribution is 0.296. The topological polar surface area (TPSA) is 3.24 Å². The monoisotopic (exact) mass is 226 g/mol. The predicted molar refractivity (Wildman–Crippen MR) is 75.0 cm³/mol.